The number of carbonyl (C=O) groups is 1. The monoisotopic (exact) mass is 462 g/mol. The highest BCUT2D eigenvalue weighted by Crippen LogP contribution is 2.49. The fourth-order valence-electron chi connectivity index (χ4n) is 5.79. The fourth-order valence-corrected chi connectivity index (χ4v) is 5.79. The number of piperidine rings is 1. The predicted molar refractivity (Wildman–Crippen MR) is 138 cm³/mol. The molecule has 3 atom stereocenters. The molecule has 0 unspecified atom stereocenters. The van der Waals surface area contributed by atoms with Crippen molar-refractivity contribution in [3.8, 4) is 5.75 Å². The van der Waals surface area contributed by atoms with E-state index in [9.17, 15) is 9.90 Å². The quantitative estimate of drug-likeness (QED) is 0.556. The zero-order valence-corrected chi connectivity index (χ0v) is 20.7. The summed E-state index contributed by atoms with van der Waals surface area (Å²) in [5.74, 6) is 0.859. The van der Waals surface area contributed by atoms with E-state index in [0.29, 0.717) is 13.0 Å². The molecular formula is C29H38N2O3. The lowest BCUT2D eigenvalue weighted by molar-refractivity contribution is -0.150. The Bertz CT molecular complexity index is 981. The van der Waals surface area contributed by atoms with Gasteiger partial charge in [-0.1, -0.05) is 37.1 Å². The van der Waals surface area contributed by atoms with Gasteiger partial charge in [-0.25, -0.2) is 0 Å². The van der Waals surface area contributed by atoms with E-state index in [1.54, 1.807) is 13.2 Å². The van der Waals surface area contributed by atoms with Crippen molar-refractivity contribution in [1.29, 1.82) is 0 Å². The molecule has 1 N–H and O–H groups in total. The van der Waals surface area contributed by atoms with Gasteiger partial charge in [-0.15, -0.1) is 0 Å². The van der Waals surface area contributed by atoms with Gasteiger partial charge in [0.2, 0.25) is 5.91 Å². The van der Waals surface area contributed by atoms with Gasteiger partial charge in [-0.2, -0.15) is 0 Å². The summed E-state index contributed by atoms with van der Waals surface area (Å²) in [5.41, 5.74) is 2.59. The molecule has 2 aromatic rings. The number of aliphatic hydroxyl groups is 1. The summed E-state index contributed by atoms with van der Waals surface area (Å²) in [6.07, 6.45) is 8.13. The minimum absolute atomic E-state index is 0.00117. The third-order valence-electron chi connectivity index (χ3n) is 7.75. The average molecular weight is 463 g/mol. The number of ether oxygens (including phenoxy) is 1. The summed E-state index contributed by atoms with van der Waals surface area (Å²) in [6, 6.07) is 16.2. The number of methoxy groups -OCH3 is 1. The maximum Gasteiger partial charge on any atom is 0.247 e. The van der Waals surface area contributed by atoms with Crippen LogP contribution in [0.4, 0.5) is 5.69 Å². The number of hydrogen-bond acceptors (Lipinski definition) is 4. The largest absolute Gasteiger partial charge is 0.497 e. The smallest absolute Gasteiger partial charge is 0.247 e. The summed E-state index contributed by atoms with van der Waals surface area (Å²) < 4.78 is 5.22. The van der Waals surface area contributed by atoms with Crippen LogP contribution in [0.1, 0.15) is 63.1 Å². The molecule has 0 aromatic heterocycles. The van der Waals surface area contributed by atoms with Gasteiger partial charge in [0.15, 0.2) is 0 Å². The molecule has 0 spiro atoms. The van der Waals surface area contributed by atoms with Crippen LogP contribution >= 0.6 is 0 Å². The van der Waals surface area contributed by atoms with Gasteiger partial charge in [0.1, 0.15) is 5.75 Å². The first kappa shape index (κ1) is 24.3. The number of amides is 1. The molecule has 4 rings (SSSR count). The van der Waals surface area contributed by atoms with Crippen molar-refractivity contribution < 1.29 is 14.6 Å². The molecule has 1 heterocycles. The van der Waals surface area contributed by atoms with E-state index >= 15 is 0 Å². The summed E-state index contributed by atoms with van der Waals surface area (Å²) in [6.45, 7) is 6.82. The van der Waals surface area contributed by atoms with Crippen LogP contribution in [-0.4, -0.2) is 48.3 Å². The van der Waals surface area contributed by atoms with E-state index < -0.39 is 5.60 Å². The van der Waals surface area contributed by atoms with E-state index in [-0.39, 0.29) is 17.9 Å². The zero-order chi connectivity index (χ0) is 24.1. The number of rotatable bonds is 7. The van der Waals surface area contributed by atoms with Crippen LogP contribution < -0.4 is 9.64 Å². The van der Waals surface area contributed by atoms with Gasteiger partial charge >= 0.3 is 0 Å². The summed E-state index contributed by atoms with van der Waals surface area (Å²) in [5, 5.41) is 11.5. The lowest BCUT2D eigenvalue weighted by Gasteiger charge is -2.52. The van der Waals surface area contributed by atoms with E-state index in [1.165, 1.54) is 5.69 Å². The highest BCUT2D eigenvalue weighted by atomic mass is 16.5. The zero-order valence-electron chi connectivity index (χ0n) is 20.7. The van der Waals surface area contributed by atoms with Crippen LogP contribution in [0.2, 0.25) is 0 Å². The lowest BCUT2D eigenvalue weighted by atomic mass is 9.66. The Morgan fingerprint density at radius 2 is 1.79 bits per heavy atom. The van der Waals surface area contributed by atoms with Crippen molar-refractivity contribution in [2.24, 2.45) is 5.92 Å². The minimum Gasteiger partial charge on any atom is -0.497 e. The molecule has 34 heavy (non-hydrogen) atoms. The molecular weight excluding hydrogens is 424 g/mol. The third-order valence-corrected chi connectivity index (χ3v) is 7.75. The van der Waals surface area contributed by atoms with Crippen LogP contribution in [0.25, 0.3) is 6.08 Å². The highest BCUT2D eigenvalue weighted by molar-refractivity contribution is 5.92. The number of carbonyl (C=O) groups excluding carboxylic acids is 1. The molecule has 2 aliphatic rings. The van der Waals surface area contributed by atoms with Crippen molar-refractivity contribution in [2.45, 2.75) is 57.6 Å². The normalized spacial score (nSPS) is 24.6. The summed E-state index contributed by atoms with van der Waals surface area (Å²) >= 11 is 0. The Morgan fingerprint density at radius 3 is 2.44 bits per heavy atom. The summed E-state index contributed by atoms with van der Waals surface area (Å²) in [4.78, 5) is 17.8. The number of anilines is 1. The van der Waals surface area contributed by atoms with Gasteiger partial charge in [0.25, 0.3) is 0 Å². The number of hydrogen-bond donors (Lipinski definition) is 1. The minimum atomic E-state index is -0.684. The van der Waals surface area contributed by atoms with Crippen molar-refractivity contribution in [2.75, 3.05) is 31.6 Å². The first-order chi connectivity index (χ1) is 16.5. The first-order valence-corrected chi connectivity index (χ1v) is 12.7. The van der Waals surface area contributed by atoms with Crippen molar-refractivity contribution in [3.63, 3.8) is 0 Å². The standard InChI is InChI=1S/C29H38N2O3/c1-4-30(5-2)24-14-12-23(13-15-24)28-26-8-6-7-19-29(26,33)20-21-31(28)27(32)18-11-22-9-16-25(34-3)17-10-22/h9-18,26,28,33H,4-8,19-21H2,1-3H3/b18-11+/t26-,28+,29+/m1/s1. The fraction of sp³-hybridized carbons (Fsp3) is 0.483. The molecule has 0 bridgehead atoms. The number of fused-ring (bicyclic) bond motifs is 1. The Labute approximate surface area is 204 Å². The second-order valence-electron chi connectivity index (χ2n) is 9.55. The molecule has 5 nitrogen and oxygen atoms in total. The molecule has 1 saturated heterocycles. The van der Waals surface area contributed by atoms with Gasteiger partial charge in [-0.3, -0.25) is 4.79 Å². The maximum atomic E-state index is 13.4. The second kappa shape index (κ2) is 10.6. The molecule has 1 saturated carbocycles. The molecule has 2 aromatic carbocycles. The van der Waals surface area contributed by atoms with Crippen molar-refractivity contribution in [1.82, 2.24) is 4.90 Å². The molecule has 5 heteroatoms. The molecule has 1 aliphatic carbocycles. The number of likely N-dealkylation sites (tertiary alicyclic amines) is 1. The first-order valence-electron chi connectivity index (χ1n) is 12.7. The van der Waals surface area contributed by atoms with E-state index in [2.05, 4.69) is 43.0 Å². The molecule has 2 fully saturated rings. The number of benzene rings is 2. The van der Waals surface area contributed by atoms with Crippen molar-refractivity contribution >= 4 is 17.7 Å². The third kappa shape index (κ3) is 5.00. The lowest BCUT2D eigenvalue weighted by Crippen LogP contribution is -2.56. The van der Waals surface area contributed by atoms with Gasteiger partial charge in [0.05, 0.1) is 18.8 Å². The Hall–Kier alpha value is -2.79. The molecule has 182 valence electrons. The van der Waals surface area contributed by atoms with Crippen LogP contribution in [0.5, 0.6) is 5.75 Å². The molecule has 1 amide bonds. The molecule has 0 radical (unpaired) electrons. The molecule has 1 aliphatic heterocycles. The second-order valence-corrected chi connectivity index (χ2v) is 9.55. The van der Waals surface area contributed by atoms with E-state index in [0.717, 1.165) is 55.6 Å². The maximum absolute atomic E-state index is 13.4. The Morgan fingerprint density at radius 1 is 1.09 bits per heavy atom. The number of nitrogens with zero attached hydrogens (tertiary/aromatic N) is 2. The highest BCUT2D eigenvalue weighted by Gasteiger charge is 2.49. The topological polar surface area (TPSA) is 53.0 Å². The van der Waals surface area contributed by atoms with Crippen LogP contribution in [0.3, 0.4) is 0 Å². The van der Waals surface area contributed by atoms with Crippen molar-refractivity contribution in [3.05, 3.63) is 65.7 Å². The van der Waals surface area contributed by atoms with Crippen LogP contribution in [0.15, 0.2) is 54.6 Å². The predicted octanol–water partition coefficient (Wildman–Crippen LogP) is 5.45. The SMILES string of the molecule is CCN(CC)c1ccc([C@H]2[C@H]3CCCC[C@]3(O)CCN2C(=O)/C=C/c2ccc(OC)cc2)cc1. The average Bonchev–Trinajstić information content (AvgIpc) is 2.88. The van der Waals surface area contributed by atoms with Crippen LogP contribution in [-0.2, 0) is 4.79 Å². The van der Waals surface area contributed by atoms with E-state index in [1.807, 2.05) is 35.2 Å². The van der Waals surface area contributed by atoms with Gasteiger partial charge < -0.3 is 19.6 Å². The Kier molecular flexibility index (Phi) is 7.62. The summed E-state index contributed by atoms with van der Waals surface area (Å²) in [7, 11) is 1.64. The van der Waals surface area contributed by atoms with Gasteiger partial charge in [0, 0.05) is 37.3 Å². The van der Waals surface area contributed by atoms with Gasteiger partial charge in [-0.05, 0) is 74.6 Å². The Balaban J connectivity index is 1.62. The van der Waals surface area contributed by atoms with E-state index in [4.69, 9.17) is 4.74 Å². The van der Waals surface area contributed by atoms with Crippen LogP contribution in [0, 0.1) is 5.92 Å².